The lowest BCUT2D eigenvalue weighted by molar-refractivity contribution is -0.120. The second-order valence-electron chi connectivity index (χ2n) is 6.48. The van der Waals surface area contributed by atoms with E-state index in [-0.39, 0.29) is 17.9 Å². The summed E-state index contributed by atoms with van der Waals surface area (Å²) in [7, 11) is 0. The van der Waals surface area contributed by atoms with E-state index in [9.17, 15) is 4.79 Å². The van der Waals surface area contributed by atoms with Gasteiger partial charge >= 0.3 is 0 Å². The Balaban J connectivity index is 1.51. The van der Waals surface area contributed by atoms with E-state index in [2.05, 4.69) is 38.5 Å². The maximum absolute atomic E-state index is 12.3. The lowest BCUT2D eigenvalue weighted by Gasteiger charge is -2.25. The number of hydrogen-bond donors (Lipinski definition) is 2. The summed E-state index contributed by atoms with van der Waals surface area (Å²) in [4.78, 5) is 12.3. The molecule has 1 saturated carbocycles. The average Bonchev–Trinajstić information content (AvgIpc) is 3.00. The molecule has 128 valence electrons. The van der Waals surface area contributed by atoms with Gasteiger partial charge in [0, 0.05) is 30.4 Å². The Morgan fingerprint density at radius 3 is 2.79 bits per heavy atom. The fourth-order valence-corrected chi connectivity index (χ4v) is 3.50. The molecule has 0 bridgehead atoms. The van der Waals surface area contributed by atoms with Gasteiger partial charge in [0.1, 0.15) is 0 Å². The third-order valence-corrected chi connectivity index (χ3v) is 4.95. The number of aromatic nitrogens is 2. The molecule has 2 unspecified atom stereocenters. The normalized spacial score (nSPS) is 20.8. The van der Waals surface area contributed by atoms with Gasteiger partial charge in [-0.3, -0.25) is 9.48 Å². The van der Waals surface area contributed by atoms with Gasteiger partial charge in [0.25, 0.3) is 0 Å². The summed E-state index contributed by atoms with van der Waals surface area (Å²) in [6, 6.07) is 8.21. The number of halogens is 1. The van der Waals surface area contributed by atoms with Crippen LogP contribution in [0.3, 0.4) is 0 Å². The molecule has 0 radical (unpaired) electrons. The number of rotatable bonds is 5. The molecular weight excluding hydrogens is 368 g/mol. The van der Waals surface area contributed by atoms with E-state index in [4.69, 9.17) is 5.73 Å². The zero-order chi connectivity index (χ0) is 16.9. The zero-order valence-corrected chi connectivity index (χ0v) is 15.2. The maximum Gasteiger partial charge on any atom is 0.227 e. The average molecular weight is 391 g/mol. The van der Waals surface area contributed by atoms with Crippen molar-refractivity contribution in [2.45, 2.75) is 44.7 Å². The van der Waals surface area contributed by atoms with Crippen LogP contribution in [0.2, 0.25) is 0 Å². The van der Waals surface area contributed by atoms with Crippen LogP contribution in [0.5, 0.6) is 0 Å². The Morgan fingerprint density at radius 1 is 1.33 bits per heavy atom. The predicted octanol–water partition coefficient (Wildman–Crippen LogP) is 3.34. The number of aryl methyl sites for hydroxylation is 2. The van der Waals surface area contributed by atoms with Gasteiger partial charge in [-0.05, 0) is 59.3 Å². The number of nitrogens with zero attached hydrogens (tertiary/aromatic N) is 2. The van der Waals surface area contributed by atoms with Crippen molar-refractivity contribution in [2.75, 3.05) is 5.32 Å². The van der Waals surface area contributed by atoms with Gasteiger partial charge < -0.3 is 11.1 Å². The van der Waals surface area contributed by atoms with E-state index in [1.165, 1.54) is 5.56 Å². The number of anilines is 1. The molecule has 2 aromatic rings. The summed E-state index contributed by atoms with van der Waals surface area (Å²) in [6.45, 7) is 0.831. The minimum atomic E-state index is 0.0479. The second-order valence-corrected chi connectivity index (χ2v) is 7.40. The first-order valence-electron chi connectivity index (χ1n) is 8.43. The molecular formula is C18H23BrN4O. The summed E-state index contributed by atoms with van der Waals surface area (Å²) in [5.74, 6) is 0.144. The zero-order valence-electron chi connectivity index (χ0n) is 13.6. The van der Waals surface area contributed by atoms with Gasteiger partial charge in [-0.25, -0.2) is 0 Å². The Kier molecular flexibility index (Phi) is 5.68. The molecule has 3 N–H and O–H groups in total. The van der Waals surface area contributed by atoms with Crippen molar-refractivity contribution in [3.63, 3.8) is 0 Å². The van der Waals surface area contributed by atoms with E-state index in [1.807, 2.05) is 23.0 Å². The summed E-state index contributed by atoms with van der Waals surface area (Å²) in [5, 5.41) is 7.27. The summed E-state index contributed by atoms with van der Waals surface area (Å²) in [6.07, 6.45) is 8.46. The Bertz CT molecular complexity index is 683. The van der Waals surface area contributed by atoms with E-state index in [0.29, 0.717) is 0 Å². The Hall–Kier alpha value is -1.66. The molecule has 1 amide bonds. The number of carbonyl (C=O) groups is 1. The van der Waals surface area contributed by atoms with E-state index >= 15 is 0 Å². The molecule has 3 rings (SSSR count). The first-order chi connectivity index (χ1) is 11.6. The molecule has 1 aromatic carbocycles. The minimum absolute atomic E-state index is 0.0479. The number of hydrogen-bond acceptors (Lipinski definition) is 3. The molecule has 0 aliphatic heterocycles. The van der Waals surface area contributed by atoms with Crippen LogP contribution in [0.1, 0.15) is 31.2 Å². The maximum atomic E-state index is 12.3. The highest BCUT2D eigenvalue weighted by Gasteiger charge is 2.25. The molecule has 1 fully saturated rings. The summed E-state index contributed by atoms with van der Waals surface area (Å²) >= 11 is 3.40. The van der Waals surface area contributed by atoms with E-state index in [0.717, 1.165) is 48.8 Å². The highest BCUT2D eigenvalue weighted by molar-refractivity contribution is 9.10. The predicted molar refractivity (Wildman–Crippen MR) is 98.6 cm³/mol. The van der Waals surface area contributed by atoms with Crippen molar-refractivity contribution in [3.8, 4) is 0 Å². The van der Waals surface area contributed by atoms with Crippen LogP contribution in [0.25, 0.3) is 0 Å². The van der Waals surface area contributed by atoms with Gasteiger partial charge in [-0.1, -0.05) is 18.6 Å². The van der Waals surface area contributed by atoms with Gasteiger partial charge in [-0.2, -0.15) is 5.10 Å². The lowest BCUT2D eigenvalue weighted by Crippen LogP contribution is -2.34. The Labute approximate surface area is 150 Å². The van der Waals surface area contributed by atoms with Crippen molar-refractivity contribution in [3.05, 3.63) is 46.7 Å². The first kappa shape index (κ1) is 17.2. The van der Waals surface area contributed by atoms with Crippen LogP contribution >= 0.6 is 15.9 Å². The standard InChI is InChI=1S/C18H23BrN4O/c19-15-11-21-23(12-15)9-8-13-4-6-17(7-5-13)22-18(24)14-2-1-3-16(20)10-14/h4-7,11-12,14,16H,1-3,8-10,20H2,(H,22,24). The van der Waals surface area contributed by atoms with Gasteiger partial charge in [0.15, 0.2) is 0 Å². The SMILES string of the molecule is NC1CCCC(C(=O)Nc2ccc(CCn3cc(Br)cn3)cc2)C1. The Morgan fingerprint density at radius 2 is 2.12 bits per heavy atom. The van der Waals surface area contributed by atoms with Crippen molar-refractivity contribution < 1.29 is 4.79 Å². The molecule has 1 aliphatic carbocycles. The monoisotopic (exact) mass is 390 g/mol. The van der Waals surface area contributed by atoms with Crippen molar-refractivity contribution in [2.24, 2.45) is 11.7 Å². The topological polar surface area (TPSA) is 72.9 Å². The third kappa shape index (κ3) is 4.68. The highest BCUT2D eigenvalue weighted by Crippen LogP contribution is 2.24. The van der Waals surface area contributed by atoms with Crippen LogP contribution in [-0.2, 0) is 17.8 Å². The molecule has 24 heavy (non-hydrogen) atoms. The summed E-state index contributed by atoms with van der Waals surface area (Å²) in [5.41, 5.74) is 8.04. The van der Waals surface area contributed by atoms with Crippen LogP contribution in [0.15, 0.2) is 41.1 Å². The molecule has 2 atom stereocenters. The smallest absolute Gasteiger partial charge is 0.227 e. The molecule has 1 heterocycles. The van der Waals surface area contributed by atoms with E-state index < -0.39 is 0 Å². The van der Waals surface area contributed by atoms with Crippen molar-refractivity contribution in [1.82, 2.24) is 9.78 Å². The lowest BCUT2D eigenvalue weighted by atomic mass is 9.85. The quantitative estimate of drug-likeness (QED) is 0.821. The second kappa shape index (κ2) is 7.94. The van der Waals surface area contributed by atoms with Gasteiger partial charge in [0.2, 0.25) is 5.91 Å². The number of nitrogens with two attached hydrogens (primary N) is 1. The summed E-state index contributed by atoms with van der Waals surface area (Å²) < 4.78 is 2.90. The molecule has 6 heteroatoms. The molecule has 5 nitrogen and oxygen atoms in total. The number of carbonyl (C=O) groups excluding carboxylic acids is 1. The van der Waals surface area contributed by atoms with Gasteiger partial charge in [-0.15, -0.1) is 0 Å². The van der Waals surface area contributed by atoms with Crippen LogP contribution < -0.4 is 11.1 Å². The van der Waals surface area contributed by atoms with Crippen molar-refractivity contribution in [1.29, 1.82) is 0 Å². The van der Waals surface area contributed by atoms with E-state index in [1.54, 1.807) is 6.20 Å². The minimum Gasteiger partial charge on any atom is -0.328 e. The number of amides is 1. The number of benzene rings is 1. The third-order valence-electron chi connectivity index (χ3n) is 4.54. The molecule has 1 aromatic heterocycles. The fraction of sp³-hybridized carbons (Fsp3) is 0.444. The fourth-order valence-electron chi connectivity index (χ4n) is 3.17. The van der Waals surface area contributed by atoms with Crippen LogP contribution in [0.4, 0.5) is 5.69 Å². The first-order valence-corrected chi connectivity index (χ1v) is 9.23. The van der Waals surface area contributed by atoms with Gasteiger partial charge in [0.05, 0.1) is 10.7 Å². The molecule has 0 spiro atoms. The van der Waals surface area contributed by atoms with Crippen LogP contribution in [-0.4, -0.2) is 21.7 Å². The molecule has 1 aliphatic rings. The van der Waals surface area contributed by atoms with Crippen molar-refractivity contribution >= 4 is 27.5 Å². The largest absolute Gasteiger partial charge is 0.328 e. The van der Waals surface area contributed by atoms with Crippen LogP contribution in [0, 0.1) is 5.92 Å². The molecule has 0 saturated heterocycles. The highest BCUT2D eigenvalue weighted by atomic mass is 79.9. The number of nitrogens with one attached hydrogen (secondary N) is 1.